The number of hydrogen-bond acceptors (Lipinski definition) is 9. The molecule has 0 radical (unpaired) electrons. The van der Waals surface area contributed by atoms with E-state index in [1.807, 2.05) is 44.2 Å². The minimum absolute atomic E-state index is 0.165. The first-order valence-corrected chi connectivity index (χ1v) is 10.4. The van der Waals surface area contributed by atoms with E-state index in [0.29, 0.717) is 12.3 Å². The number of aliphatic hydroxyl groups is 4. The fraction of sp³-hybridized carbons (Fsp3) is 0.524. The Morgan fingerprint density at radius 2 is 1.91 bits per heavy atom. The third-order valence-corrected chi connectivity index (χ3v) is 4.99. The maximum absolute atomic E-state index is 12.7. The highest BCUT2D eigenvalue weighted by Gasteiger charge is 2.45. The Morgan fingerprint density at radius 1 is 1.19 bits per heavy atom. The number of carbonyl (C=O) groups is 1. The zero-order chi connectivity index (χ0) is 23.3. The van der Waals surface area contributed by atoms with Crippen LogP contribution in [0.25, 0.3) is 5.69 Å². The number of para-hydroxylation sites is 1. The topological polar surface area (TPSA) is 147 Å². The van der Waals surface area contributed by atoms with Gasteiger partial charge in [0.1, 0.15) is 24.4 Å². The number of aliphatic hydroxyl groups excluding tert-OH is 4. The zero-order valence-corrected chi connectivity index (χ0v) is 17.9. The molecule has 0 aliphatic carbocycles. The van der Waals surface area contributed by atoms with E-state index in [0.717, 1.165) is 11.4 Å². The lowest BCUT2D eigenvalue weighted by atomic mass is 9.99. The van der Waals surface area contributed by atoms with Crippen LogP contribution in [0.1, 0.15) is 19.0 Å². The number of ether oxygens (including phenoxy) is 3. The minimum Gasteiger partial charge on any atom is -0.456 e. The molecule has 1 aliphatic rings. The normalized spacial score (nSPS) is 25.4. The lowest BCUT2D eigenvalue weighted by molar-refractivity contribution is -0.286. The quantitative estimate of drug-likeness (QED) is 0.412. The summed E-state index contributed by atoms with van der Waals surface area (Å²) < 4.78 is 17.9. The number of rotatable bonds is 8. The molecule has 4 N–H and O–H groups in total. The molecule has 1 saturated heterocycles. The predicted molar refractivity (Wildman–Crippen MR) is 111 cm³/mol. The van der Waals surface area contributed by atoms with Crippen molar-refractivity contribution in [3.63, 3.8) is 0 Å². The molecule has 176 valence electrons. The molecule has 0 saturated carbocycles. The van der Waals surface area contributed by atoms with E-state index in [1.54, 1.807) is 10.7 Å². The van der Waals surface area contributed by atoms with Gasteiger partial charge in [-0.05, 0) is 25.5 Å². The highest BCUT2D eigenvalue weighted by atomic mass is 16.7. The molecule has 2 heterocycles. The van der Waals surface area contributed by atoms with E-state index in [9.17, 15) is 25.2 Å². The molecule has 3 rings (SSSR count). The van der Waals surface area contributed by atoms with E-state index in [-0.39, 0.29) is 13.3 Å². The highest BCUT2D eigenvalue weighted by Crippen LogP contribution is 2.23. The molecule has 32 heavy (non-hydrogen) atoms. The lowest BCUT2D eigenvalue weighted by Crippen LogP contribution is -2.60. The first-order valence-electron chi connectivity index (χ1n) is 10.4. The summed E-state index contributed by atoms with van der Waals surface area (Å²) in [7, 11) is 0. The van der Waals surface area contributed by atoms with Crippen molar-refractivity contribution in [2.75, 3.05) is 19.9 Å². The van der Waals surface area contributed by atoms with Crippen LogP contribution in [0.4, 0.5) is 4.79 Å². The van der Waals surface area contributed by atoms with Gasteiger partial charge in [0.2, 0.25) is 12.2 Å². The van der Waals surface area contributed by atoms with Crippen molar-refractivity contribution in [3.05, 3.63) is 42.1 Å². The van der Waals surface area contributed by atoms with Gasteiger partial charge in [-0.15, -0.1) is 0 Å². The average Bonchev–Trinajstić information content (AvgIpc) is 3.17. The van der Waals surface area contributed by atoms with Gasteiger partial charge in [-0.3, -0.25) is 4.90 Å². The molecule has 5 atom stereocenters. The first kappa shape index (κ1) is 24.0. The van der Waals surface area contributed by atoms with Gasteiger partial charge in [0.15, 0.2) is 6.73 Å². The van der Waals surface area contributed by atoms with Crippen LogP contribution < -0.4 is 4.74 Å². The predicted octanol–water partition coefficient (Wildman–Crippen LogP) is 0.166. The molecule has 0 spiro atoms. The van der Waals surface area contributed by atoms with Crippen LogP contribution in [-0.4, -0.2) is 91.8 Å². The van der Waals surface area contributed by atoms with E-state index in [4.69, 9.17) is 14.2 Å². The highest BCUT2D eigenvalue weighted by molar-refractivity contribution is 5.67. The summed E-state index contributed by atoms with van der Waals surface area (Å²) in [6.45, 7) is 3.19. The first-order chi connectivity index (χ1) is 15.3. The van der Waals surface area contributed by atoms with Crippen LogP contribution >= 0.6 is 0 Å². The molecule has 1 fully saturated rings. The maximum Gasteiger partial charge on any atom is 0.414 e. The number of benzene rings is 1. The van der Waals surface area contributed by atoms with Crippen LogP contribution in [-0.2, 0) is 9.47 Å². The van der Waals surface area contributed by atoms with Crippen molar-refractivity contribution in [3.8, 4) is 11.6 Å². The van der Waals surface area contributed by atoms with Crippen LogP contribution in [0.3, 0.4) is 0 Å². The molecule has 11 heteroatoms. The largest absolute Gasteiger partial charge is 0.456 e. The fourth-order valence-electron chi connectivity index (χ4n) is 3.29. The lowest BCUT2D eigenvalue weighted by Gasteiger charge is -2.39. The summed E-state index contributed by atoms with van der Waals surface area (Å²) in [4.78, 5) is 14.0. The molecule has 1 aromatic heterocycles. The van der Waals surface area contributed by atoms with Crippen molar-refractivity contribution in [1.29, 1.82) is 0 Å². The van der Waals surface area contributed by atoms with Crippen LogP contribution in [0, 0.1) is 6.92 Å². The molecule has 1 aliphatic heterocycles. The number of carbonyl (C=O) groups excluding carboxylic acids is 1. The molecule has 2 aromatic rings. The van der Waals surface area contributed by atoms with Crippen molar-refractivity contribution in [2.45, 2.75) is 51.0 Å². The van der Waals surface area contributed by atoms with Gasteiger partial charge in [-0.25, -0.2) is 9.48 Å². The second kappa shape index (κ2) is 10.7. The van der Waals surface area contributed by atoms with Crippen LogP contribution in [0.15, 0.2) is 36.4 Å². The Morgan fingerprint density at radius 3 is 2.56 bits per heavy atom. The van der Waals surface area contributed by atoms with Gasteiger partial charge in [0.25, 0.3) is 0 Å². The van der Waals surface area contributed by atoms with Gasteiger partial charge in [0.05, 0.1) is 18.0 Å². The summed E-state index contributed by atoms with van der Waals surface area (Å²) in [5.74, 6) is 0.426. The summed E-state index contributed by atoms with van der Waals surface area (Å²) in [5.41, 5.74) is 1.52. The number of nitrogens with zero attached hydrogens (tertiary/aromatic N) is 3. The molecule has 11 nitrogen and oxygen atoms in total. The Kier molecular flexibility index (Phi) is 8.04. The molecular formula is C21H29N3O8. The summed E-state index contributed by atoms with van der Waals surface area (Å²) >= 11 is 0. The molecule has 1 amide bonds. The number of aryl methyl sites for hydroxylation is 1. The van der Waals surface area contributed by atoms with Gasteiger partial charge in [-0.1, -0.05) is 25.1 Å². The zero-order valence-electron chi connectivity index (χ0n) is 17.9. The van der Waals surface area contributed by atoms with E-state index >= 15 is 0 Å². The average molecular weight is 451 g/mol. The van der Waals surface area contributed by atoms with Gasteiger partial charge in [-0.2, -0.15) is 5.10 Å². The van der Waals surface area contributed by atoms with E-state index < -0.39 is 43.4 Å². The molecule has 1 aromatic carbocycles. The molecular weight excluding hydrogens is 422 g/mol. The SMILES string of the molecule is CCCN(COc1cc(C)nn1-c1ccccc1)C(=O)O[C@@H]1O[C@H](CO)[C@@H](O)[C@H](O)[C@H]1O. The third-order valence-electron chi connectivity index (χ3n) is 4.99. The standard InChI is InChI=1S/C21H29N3O8/c1-3-9-23(21(29)32-20-19(28)18(27)17(26)15(11-25)31-20)12-30-16-10-13(2)22-24(16)14-7-5-4-6-8-14/h4-8,10,15,17-20,25-28H,3,9,11-12H2,1-2H3/t15-,17-,18+,19-,20+/m1/s1. The monoisotopic (exact) mass is 451 g/mol. The van der Waals surface area contributed by atoms with Crippen molar-refractivity contribution < 1.29 is 39.4 Å². The van der Waals surface area contributed by atoms with E-state index in [2.05, 4.69) is 5.10 Å². The second-order valence-electron chi connectivity index (χ2n) is 7.49. The number of aromatic nitrogens is 2. The van der Waals surface area contributed by atoms with Crippen molar-refractivity contribution >= 4 is 6.09 Å². The minimum atomic E-state index is -1.68. The fourth-order valence-corrected chi connectivity index (χ4v) is 3.29. The molecule has 0 bridgehead atoms. The summed E-state index contributed by atoms with van der Waals surface area (Å²) in [6.07, 6.45) is -7.84. The Labute approximate surface area is 185 Å². The van der Waals surface area contributed by atoms with Crippen LogP contribution in [0.5, 0.6) is 5.88 Å². The Balaban J connectivity index is 1.68. The Hall–Kier alpha value is -2.70. The van der Waals surface area contributed by atoms with E-state index in [1.165, 1.54) is 4.90 Å². The van der Waals surface area contributed by atoms with Crippen molar-refractivity contribution in [1.82, 2.24) is 14.7 Å². The van der Waals surface area contributed by atoms with Crippen LogP contribution in [0.2, 0.25) is 0 Å². The maximum atomic E-state index is 12.7. The smallest absolute Gasteiger partial charge is 0.414 e. The van der Waals surface area contributed by atoms with Crippen molar-refractivity contribution in [2.24, 2.45) is 0 Å². The summed E-state index contributed by atoms with van der Waals surface area (Å²) in [6, 6.07) is 11.1. The Bertz CT molecular complexity index is 875. The second-order valence-corrected chi connectivity index (χ2v) is 7.49. The number of hydrogen-bond donors (Lipinski definition) is 4. The van der Waals surface area contributed by atoms with Gasteiger partial charge < -0.3 is 34.6 Å². The van der Waals surface area contributed by atoms with Gasteiger partial charge >= 0.3 is 6.09 Å². The molecule has 0 unspecified atom stereocenters. The summed E-state index contributed by atoms with van der Waals surface area (Å²) in [5, 5.41) is 43.5. The number of amides is 1. The third kappa shape index (κ3) is 5.37. The van der Waals surface area contributed by atoms with Gasteiger partial charge in [0, 0.05) is 12.6 Å².